The van der Waals surface area contributed by atoms with Crippen molar-refractivity contribution in [2.75, 3.05) is 5.32 Å². The van der Waals surface area contributed by atoms with Crippen LogP contribution in [0, 0.1) is 5.92 Å². The minimum Gasteiger partial charge on any atom is -0.390 e. The summed E-state index contributed by atoms with van der Waals surface area (Å²) in [6.45, 7) is 5.88. The van der Waals surface area contributed by atoms with Crippen molar-refractivity contribution in [1.82, 2.24) is 9.97 Å². The third kappa shape index (κ3) is 4.40. The molecule has 1 saturated carbocycles. The van der Waals surface area contributed by atoms with E-state index in [0.29, 0.717) is 29.5 Å². The first-order valence-corrected chi connectivity index (χ1v) is 7.91. The summed E-state index contributed by atoms with van der Waals surface area (Å²) in [5.74, 6) is 0.315. The van der Waals surface area contributed by atoms with Crippen LogP contribution in [0.15, 0.2) is 6.20 Å². The van der Waals surface area contributed by atoms with Gasteiger partial charge >= 0.3 is 0 Å². The van der Waals surface area contributed by atoms with Gasteiger partial charge in [-0.15, -0.1) is 0 Å². The standard InChI is InChI=1S/C16H26N4O2/c1-10(2)19-15-18-9-12(14(17)21)13(20-15)7-11-5-4-6-16(3,22)8-11/h9-11,22H,4-8H2,1-3H3,(H2,17,21)(H,18,19,20)/t11-,16-/m0/s1. The summed E-state index contributed by atoms with van der Waals surface area (Å²) in [4.78, 5) is 20.2. The van der Waals surface area contributed by atoms with E-state index in [9.17, 15) is 9.90 Å². The number of rotatable bonds is 5. The summed E-state index contributed by atoms with van der Waals surface area (Å²) in [7, 11) is 0. The zero-order valence-corrected chi connectivity index (χ0v) is 13.6. The Kier molecular flexibility index (Phi) is 5.01. The number of primary amides is 1. The number of nitrogens with one attached hydrogen (secondary N) is 1. The van der Waals surface area contributed by atoms with E-state index in [2.05, 4.69) is 15.3 Å². The first-order valence-electron chi connectivity index (χ1n) is 7.91. The molecule has 122 valence electrons. The molecular weight excluding hydrogens is 280 g/mol. The van der Waals surface area contributed by atoms with E-state index in [1.807, 2.05) is 20.8 Å². The van der Waals surface area contributed by atoms with E-state index < -0.39 is 11.5 Å². The molecule has 4 N–H and O–H groups in total. The Balaban J connectivity index is 2.21. The smallest absolute Gasteiger partial charge is 0.252 e. The molecule has 0 bridgehead atoms. The highest BCUT2D eigenvalue weighted by atomic mass is 16.3. The quantitative estimate of drug-likeness (QED) is 0.771. The monoisotopic (exact) mass is 306 g/mol. The van der Waals surface area contributed by atoms with Gasteiger partial charge in [0.05, 0.1) is 16.9 Å². The van der Waals surface area contributed by atoms with Crippen LogP contribution in [-0.2, 0) is 6.42 Å². The third-order valence-corrected chi connectivity index (χ3v) is 4.09. The number of amides is 1. The molecule has 1 aromatic rings. The number of aliphatic hydroxyl groups is 1. The van der Waals surface area contributed by atoms with E-state index >= 15 is 0 Å². The Morgan fingerprint density at radius 2 is 2.32 bits per heavy atom. The van der Waals surface area contributed by atoms with Gasteiger partial charge in [-0.2, -0.15) is 0 Å². The van der Waals surface area contributed by atoms with Crippen LogP contribution in [0.1, 0.15) is 62.5 Å². The number of anilines is 1. The molecule has 0 aromatic carbocycles. The Morgan fingerprint density at radius 1 is 1.59 bits per heavy atom. The van der Waals surface area contributed by atoms with Gasteiger partial charge in [0.2, 0.25) is 5.95 Å². The SMILES string of the molecule is CC(C)Nc1ncc(C(N)=O)c(C[C@@H]2CCC[C@](C)(O)C2)n1. The number of hydrogen-bond donors (Lipinski definition) is 3. The fourth-order valence-corrected chi connectivity index (χ4v) is 3.15. The maximum Gasteiger partial charge on any atom is 0.252 e. The summed E-state index contributed by atoms with van der Waals surface area (Å²) >= 11 is 0. The highest BCUT2D eigenvalue weighted by Gasteiger charge is 2.30. The Hall–Kier alpha value is -1.69. The lowest BCUT2D eigenvalue weighted by atomic mass is 9.77. The molecule has 1 fully saturated rings. The van der Waals surface area contributed by atoms with Crippen LogP contribution in [0.4, 0.5) is 5.95 Å². The van der Waals surface area contributed by atoms with Crippen LogP contribution in [0.3, 0.4) is 0 Å². The number of aromatic nitrogens is 2. The topological polar surface area (TPSA) is 101 Å². The summed E-state index contributed by atoms with van der Waals surface area (Å²) in [6.07, 6.45) is 5.72. The van der Waals surface area contributed by atoms with Crippen LogP contribution in [-0.4, -0.2) is 32.6 Å². The van der Waals surface area contributed by atoms with Crippen molar-refractivity contribution in [2.24, 2.45) is 11.7 Å². The molecule has 1 amide bonds. The predicted octanol–water partition coefficient (Wildman–Crippen LogP) is 1.88. The summed E-state index contributed by atoms with van der Waals surface area (Å²) < 4.78 is 0. The fourth-order valence-electron chi connectivity index (χ4n) is 3.15. The fraction of sp³-hybridized carbons (Fsp3) is 0.688. The maximum atomic E-state index is 11.6. The van der Waals surface area contributed by atoms with Gasteiger partial charge in [-0.05, 0) is 52.4 Å². The lowest BCUT2D eigenvalue weighted by Crippen LogP contribution is -2.33. The molecule has 2 atom stereocenters. The van der Waals surface area contributed by atoms with Crippen LogP contribution >= 0.6 is 0 Å². The maximum absolute atomic E-state index is 11.6. The van der Waals surface area contributed by atoms with E-state index in [4.69, 9.17) is 5.73 Å². The number of nitrogens with two attached hydrogens (primary N) is 1. The zero-order chi connectivity index (χ0) is 16.3. The van der Waals surface area contributed by atoms with Crippen LogP contribution in [0.5, 0.6) is 0 Å². The minimum absolute atomic E-state index is 0.211. The van der Waals surface area contributed by atoms with Gasteiger partial charge in [0.15, 0.2) is 0 Å². The second kappa shape index (κ2) is 6.60. The van der Waals surface area contributed by atoms with Crippen LogP contribution in [0.25, 0.3) is 0 Å². The molecule has 0 saturated heterocycles. The summed E-state index contributed by atoms with van der Waals surface area (Å²) in [5, 5.41) is 13.4. The lowest BCUT2D eigenvalue weighted by Gasteiger charge is -2.34. The summed E-state index contributed by atoms with van der Waals surface area (Å²) in [6, 6.07) is 0.211. The van der Waals surface area contributed by atoms with Gasteiger partial charge in [-0.25, -0.2) is 9.97 Å². The Morgan fingerprint density at radius 3 is 2.91 bits per heavy atom. The molecule has 1 aliphatic rings. The van der Waals surface area contributed by atoms with Crippen molar-refractivity contribution in [3.63, 3.8) is 0 Å². The molecule has 0 radical (unpaired) electrons. The van der Waals surface area contributed by atoms with Crippen molar-refractivity contribution in [1.29, 1.82) is 0 Å². The Labute approximate surface area is 131 Å². The average Bonchev–Trinajstić information content (AvgIpc) is 2.36. The molecule has 1 aliphatic carbocycles. The van der Waals surface area contributed by atoms with Crippen LogP contribution < -0.4 is 11.1 Å². The minimum atomic E-state index is -0.623. The molecule has 22 heavy (non-hydrogen) atoms. The predicted molar refractivity (Wildman–Crippen MR) is 85.6 cm³/mol. The molecule has 1 aromatic heterocycles. The van der Waals surface area contributed by atoms with E-state index in [1.165, 1.54) is 6.20 Å². The van der Waals surface area contributed by atoms with Crippen molar-refractivity contribution >= 4 is 11.9 Å². The second-order valence-electron chi connectivity index (χ2n) is 6.88. The number of nitrogens with zero attached hydrogens (tertiary/aromatic N) is 2. The molecule has 6 nitrogen and oxygen atoms in total. The largest absolute Gasteiger partial charge is 0.390 e. The number of carbonyl (C=O) groups excluding carboxylic acids is 1. The van der Waals surface area contributed by atoms with E-state index in [0.717, 1.165) is 25.7 Å². The van der Waals surface area contributed by atoms with Gasteiger partial charge in [-0.3, -0.25) is 4.79 Å². The number of carbonyl (C=O) groups is 1. The van der Waals surface area contributed by atoms with Crippen LogP contribution in [0.2, 0.25) is 0 Å². The molecule has 6 heteroatoms. The first-order chi connectivity index (χ1) is 10.3. The van der Waals surface area contributed by atoms with Gasteiger partial charge in [0.25, 0.3) is 5.91 Å². The first kappa shape index (κ1) is 16.7. The normalized spacial score (nSPS) is 25.2. The molecule has 0 unspecified atom stereocenters. The molecular formula is C16H26N4O2. The van der Waals surface area contributed by atoms with Crippen molar-refractivity contribution < 1.29 is 9.90 Å². The average molecular weight is 306 g/mol. The molecule has 0 aliphatic heterocycles. The Bertz CT molecular complexity index is 543. The van der Waals surface area contributed by atoms with Gasteiger partial charge in [0.1, 0.15) is 0 Å². The van der Waals surface area contributed by atoms with Crippen molar-refractivity contribution in [3.05, 3.63) is 17.5 Å². The zero-order valence-electron chi connectivity index (χ0n) is 13.6. The van der Waals surface area contributed by atoms with E-state index in [1.54, 1.807) is 0 Å². The van der Waals surface area contributed by atoms with Gasteiger partial charge in [-0.1, -0.05) is 6.42 Å². The highest BCUT2D eigenvalue weighted by Crippen LogP contribution is 2.34. The molecule has 2 rings (SSSR count). The third-order valence-electron chi connectivity index (χ3n) is 4.09. The van der Waals surface area contributed by atoms with Gasteiger partial charge < -0.3 is 16.2 Å². The molecule has 1 heterocycles. The molecule has 0 spiro atoms. The van der Waals surface area contributed by atoms with Crippen molar-refractivity contribution in [3.8, 4) is 0 Å². The lowest BCUT2D eigenvalue weighted by molar-refractivity contribution is 0.00107. The highest BCUT2D eigenvalue weighted by molar-refractivity contribution is 5.93. The van der Waals surface area contributed by atoms with E-state index in [-0.39, 0.29) is 6.04 Å². The van der Waals surface area contributed by atoms with Gasteiger partial charge in [0, 0.05) is 12.2 Å². The van der Waals surface area contributed by atoms with Crippen molar-refractivity contribution in [2.45, 2.75) is 64.5 Å². The second-order valence-corrected chi connectivity index (χ2v) is 6.88. The number of hydrogen-bond acceptors (Lipinski definition) is 5. The summed E-state index contributed by atoms with van der Waals surface area (Å²) in [5.41, 5.74) is 5.86.